The van der Waals surface area contributed by atoms with Crippen molar-refractivity contribution in [3.63, 3.8) is 0 Å². The summed E-state index contributed by atoms with van der Waals surface area (Å²) in [7, 11) is 0. The molecular weight excluding hydrogens is 392 g/mol. The number of amides is 3. The zero-order valence-electron chi connectivity index (χ0n) is 16.0. The molecule has 0 bridgehead atoms. The third-order valence-electron chi connectivity index (χ3n) is 4.74. The zero-order valence-corrected chi connectivity index (χ0v) is 16.9. The van der Waals surface area contributed by atoms with E-state index in [1.807, 2.05) is 41.9 Å². The van der Waals surface area contributed by atoms with Crippen molar-refractivity contribution in [3.8, 4) is 0 Å². The van der Waals surface area contributed by atoms with Crippen molar-refractivity contribution < 1.29 is 19.1 Å². The molecule has 4 rings (SSSR count). The second kappa shape index (κ2) is 7.67. The Labute approximate surface area is 171 Å². The molecule has 2 aromatic heterocycles. The number of carbonyl (C=O) groups excluding carboxylic acids is 3. The maximum atomic E-state index is 12.6. The fraction of sp³-hybridized carbons (Fsp3) is 0.300. The van der Waals surface area contributed by atoms with Gasteiger partial charge in [0.1, 0.15) is 9.71 Å². The minimum absolute atomic E-state index is 0.275. The number of urea groups is 1. The molecule has 3 heterocycles. The number of imide groups is 1. The van der Waals surface area contributed by atoms with E-state index in [4.69, 9.17) is 4.74 Å². The van der Waals surface area contributed by atoms with Crippen LogP contribution < -0.4 is 5.32 Å². The number of aryl methyl sites for hydroxylation is 1. The zero-order chi connectivity index (χ0) is 20.5. The maximum absolute atomic E-state index is 12.6. The minimum atomic E-state index is -1.04. The number of nitrogens with zero attached hydrogens (tertiary/aromatic N) is 3. The normalized spacial score (nSPS) is 14.8. The lowest BCUT2D eigenvalue weighted by atomic mass is 10.2. The average Bonchev–Trinajstić information content (AvgIpc) is 3.40. The Hall–Kier alpha value is -3.20. The molecule has 0 unspecified atom stereocenters. The number of fused-ring (bicyclic) bond motifs is 1. The Balaban J connectivity index is 1.51. The number of nitrogens with one attached hydrogen (secondary N) is 1. The molecule has 0 spiro atoms. The van der Waals surface area contributed by atoms with E-state index in [1.54, 1.807) is 6.07 Å². The average molecular weight is 412 g/mol. The van der Waals surface area contributed by atoms with Gasteiger partial charge in [-0.25, -0.2) is 9.59 Å². The first-order valence-electron chi connectivity index (χ1n) is 9.25. The number of esters is 1. The second-order valence-corrected chi connectivity index (χ2v) is 7.86. The highest BCUT2D eigenvalue weighted by Gasteiger charge is 2.32. The van der Waals surface area contributed by atoms with E-state index in [1.165, 1.54) is 18.3 Å². The highest BCUT2D eigenvalue weighted by molar-refractivity contribution is 7.20. The first kappa shape index (κ1) is 19.1. The third kappa shape index (κ3) is 3.73. The third-order valence-corrected chi connectivity index (χ3v) is 5.87. The van der Waals surface area contributed by atoms with Gasteiger partial charge in [0.05, 0.1) is 12.2 Å². The lowest BCUT2D eigenvalue weighted by molar-refractivity contribution is -0.135. The Kier molecular flexibility index (Phi) is 5.06. The van der Waals surface area contributed by atoms with Gasteiger partial charge in [0.2, 0.25) is 0 Å². The van der Waals surface area contributed by atoms with Gasteiger partial charge in [-0.2, -0.15) is 5.10 Å². The van der Waals surface area contributed by atoms with Gasteiger partial charge < -0.3 is 10.1 Å². The predicted molar refractivity (Wildman–Crippen MR) is 108 cm³/mol. The monoisotopic (exact) mass is 412 g/mol. The first-order chi connectivity index (χ1) is 13.9. The number of rotatable bonds is 5. The van der Waals surface area contributed by atoms with Gasteiger partial charge in [0, 0.05) is 18.5 Å². The van der Waals surface area contributed by atoms with Crippen molar-refractivity contribution >= 4 is 39.5 Å². The lowest BCUT2D eigenvalue weighted by Crippen LogP contribution is -2.41. The van der Waals surface area contributed by atoms with Crippen molar-refractivity contribution in [2.24, 2.45) is 0 Å². The van der Waals surface area contributed by atoms with Crippen molar-refractivity contribution in [2.75, 3.05) is 13.1 Å². The molecule has 1 aliphatic rings. The summed E-state index contributed by atoms with van der Waals surface area (Å²) in [6.07, 6.45) is -1.04. The van der Waals surface area contributed by atoms with Crippen LogP contribution in [0, 0.1) is 6.92 Å². The van der Waals surface area contributed by atoms with E-state index in [2.05, 4.69) is 10.4 Å². The Morgan fingerprint density at radius 2 is 2.07 bits per heavy atom. The van der Waals surface area contributed by atoms with Crippen molar-refractivity contribution in [1.82, 2.24) is 20.0 Å². The van der Waals surface area contributed by atoms with Crippen LogP contribution in [0.1, 0.15) is 27.9 Å². The molecule has 1 saturated heterocycles. The van der Waals surface area contributed by atoms with Gasteiger partial charge in [-0.1, -0.05) is 30.3 Å². The molecule has 3 aromatic rings. The van der Waals surface area contributed by atoms with Crippen LogP contribution in [0.4, 0.5) is 4.79 Å². The maximum Gasteiger partial charge on any atom is 0.349 e. The van der Waals surface area contributed by atoms with Crippen LogP contribution in [-0.4, -0.2) is 51.8 Å². The van der Waals surface area contributed by atoms with E-state index in [0.717, 1.165) is 26.4 Å². The summed E-state index contributed by atoms with van der Waals surface area (Å²) in [6.45, 7) is 4.64. The summed E-state index contributed by atoms with van der Waals surface area (Å²) >= 11 is 1.28. The van der Waals surface area contributed by atoms with E-state index < -0.39 is 24.0 Å². The summed E-state index contributed by atoms with van der Waals surface area (Å²) in [6, 6.07) is 11.2. The van der Waals surface area contributed by atoms with E-state index >= 15 is 0 Å². The largest absolute Gasteiger partial charge is 0.448 e. The standard InChI is InChI=1S/C20H20N4O4S/c1-12-15-10-16(19(26)28-13(2)17(25)23-9-8-21-20(23)27)29-18(15)24(22-12)11-14-6-4-3-5-7-14/h3-7,10,13H,8-9,11H2,1-2H3,(H,21,27)/t13-/m1/s1. The second-order valence-electron chi connectivity index (χ2n) is 6.83. The van der Waals surface area contributed by atoms with Crippen molar-refractivity contribution in [2.45, 2.75) is 26.5 Å². The number of thiophene rings is 1. The summed E-state index contributed by atoms with van der Waals surface area (Å²) in [5.74, 6) is -1.11. The quantitative estimate of drug-likeness (QED) is 0.650. The van der Waals surface area contributed by atoms with Crippen molar-refractivity contribution in [1.29, 1.82) is 0 Å². The Morgan fingerprint density at radius 3 is 2.76 bits per heavy atom. The summed E-state index contributed by atoms with van der Waals surface area (Å²) in [5, 5.41) is 8.01. The number of carbonyl (C=O) groups is 3. The van der Waals surface area contributed by atoms with Crippen molar-refractivity contribution in [3.05, 3.63) is 52.5 Å². The highest BCUT2D eigenvalue weighted by atomic mass is 32.1. The molecule has 1 N–H and O–H groups in total. The fourth-order valence-electron chi connectivity index (χ4n) is 3.25. The molecule has 3 amide bonds. The lowest BCUT2D eigenvalue weighted by Gasteiger charge is -2.17. The molecule has 1 fully saturated rings. The Bertz CT molecular complexity index is 1090. The summed E-state index contributed by atoms with van der Waals surface area (Å²) in [5.41, 5.74) is 1.93. The predicted octanol–water partition coefficient (Wildman–Crippen LogP) is 2.55. The number of benzene rings is 1. The van der Waals surface area contributed by atoms with Crippen LogP contribution in [0.3, 0.4) is 0 Å². The van der Waals surface area contributed by atoms with Gasteiger partial charge >= 0.3 is 12.0 Å². The number of aromatic nitrogens is 2. The molecule has 1 aromatic carbocycles. The molecule has 1 atom stereocenters. The Morgan fingerprint density at radius 1 is 1.31 bits per heavy atom. The highest BCUT2D eigenvalue weighted by Crippen LogP contribution is 2.29. The molecular formula is C20H20N4O4S. The van der Waals surface area contributed by atoms with E-state index in [9.17, 15) is 14.4 Å². The fourth-order valence-corrected chi connectivity index (χ4v) is 4.29. The van der Waals surface area contributed by atoms with Crippen LogP contribution in [0.15, 0.2) is 36.4 Å². The van der Waals surface area contributed by atoms with Crippen LogP contribution in [0.2, 0.25) is 0 Å². The van der Waals surface area contributed by atoms with Crippen LogP contribution in [0.5, 0.6) is 0 Å². The molecule has 1 aliphatic heterocycles. The van der Waals surface area contributed by atoms with Gasteiger partial charge in [-0.3, -0.25) is 14.4 Å². The van der Waals surface area contributed by atoms with Crippen LogP contribution >= 0.6 is 11.3 Å². The molecule has 150 valence electrons. The smallest absolute Gasteiger partial charge is 0.349 e. The molecule has 29 heavy (non-hydrogen) atoms. The van der Waals surface area contributed by atoms with Crippen LogP contribution in [-0.2, 0) is 16.1 Å². The molecule has 0 radical (unpaired) electrons. The number of ether oxygens (including phenoxy) is 1. The van der Waals surface area contributed by atoms with E-state index in [-0.39, 0.29) is 6.54 Å². The minimum Gasteiger partial charge on any atom is -0.448 e. The van der Waals surface area contributed by atoms with E-state index in [0.29, 0.717) is 18.0 Å². The summed E-state index contributed by atoms with van der Waals surface area (Å²) < 4.78 is 7.19. The van der Waals surface area contributed by atoms with Gasteiger partial charge in [-0.15, -0.1) is 11.3 Å². The van der Waals surface area contributed by atoms with Gasteiger partial charge in [0.15, 0.2) is 6.10 Å². The van der Waals surface area contributed by atoms with Gasteiger partial charge in [-0.05, 0) is 25.5 Å². The first-order valence-corrected chi connectivity index (χ1v) is 10.1. The molecule has 0 saturated carbocycles. The summed E-state index contributed by atoms with van der Waals surface area (Å²) in [4.78, 5) is 38.9. The SMILES string of the molecule is Cc1nn(Cc2ccccc2)c2sc(C(=O)O[C@H](C)C(=O)N3CCNC3=O)cc12. The molecule has 9 heteroatoms. The molecule has 8 nitrogen and oxygen atoms in total. The number of hydrogen-bond acceptors (Lipinski definition) is 6. The molecule has 0 aliphatic carbocycles. The van der Waals surface area contributed by atoms with Gasteiger partial charge in [0.25, 0.3) is 5.91 Å². The topological polar surface area (TPSA) is 93.5 Å². The number of hydrogen-bond donors (Lipinski definition) is 1. The van der Waals surface area contributed by atoms with Crippen LogP contribution in [0.25, 0.3) is 10.2 Å².